The van der Waals surface area contributed by atoms with Crippen molar-refractivity contribution in [3.05, 3.63) is 60.8 Å². The van der Waals surface area contributed by atoms with Gasteiger partial charge in [0.25, 0.3) is 0 Å². The standard InChI is InChI=1S/C20H21N5O2/c1-27-18-9-7-16(8-10-18)21-20(26)24-12-11-17(13-24)25-14-19(22-23-25)15-5-3-2-4-6-15/h2-10,14,17H,11-13H2,1H3,(H,21,26). The zero-order chi connectivity index (χ0) is 18.6. The average molecular weight is 363 g/mol. The zero-order valence-corrected chi connectivity index (χ0v) is 15.1. The van der Waals surface area contributed by atoms with Crippen LogP contribution in [-0.2, 0) is 0 Å². The summed E-state index contributed by atoms with van der Waals surface area (Å²) in [7, 11) is 1.62. The van der Waals surface area contributed by atoms with Gasteiger partial charge in [-0.2, -0.15) is 0 Å². The fourth-order valence-electron chi connectivity index (χ4n) is 3.22. The number of ether oxygens (including phenoxy) is 1. The molecule has 0 saturated carbocycles. The maximum Gasteiger partial charge on any atom is 0.321 e. The number of carbonyl (C=O) groups excluding carboxylic acids is 1. The third kappa shape index (κ3) is 3.76. The first-order chi connectivity index (χ1) is 13.2. The predicted molar refractivity (Wildman–Crippen MR) is 103 cm³/mol. The molecule has 2 heterocycles. The van der Waals surface area contributed by atoms with Crippen LogP contribution < -0.4 is 10.1 Å². The predicted octanol–water partition coefficient (Wildman–Crippen LogP) is 3.43. The summed E-state index contributed by atoms with van der Waals surface area (Å²) in [4.78, 5) is 14.3. The van der Waals surface area contributed by atoms with Gasteiger partial charge in [-0.3, -0.25) is 0 Å². The summed E-state index contributed by atoms with van der Waals surface area (Å²) in [6, 6.07) is 17.3. The molecule has 0 spiro atoms. The first kappa shape index (κ1) is 17.1. The van der Waals surface area contributed by atoms with Crippen molar-refractivity contribution < 1.29 is 9.53 Å². The second-order valence-electron chi connectivity index (χ2n) is 6.50. The molecule has 7 heteroatoms. The van der Waals surface area contributed by atoms with Crippen LogP contribution in [0, 0.1) is 0 Å². The van der Waals surface area contributed by atoms with E-state index in [4.69, 9.17) is 4.74 Å². The molecule has 2 aromatic carbocycles. The van der Waals surface area contributed by atoms with Crippen LogP contribution in [0.2, 0.25) is 0 Å². The molecule has 1 atom stereocenters. The van der Waals surface area contributed by atoms with Crippen LogP contribution in [0.1, 0.15) is 12.5 Å². The molecule has 1 N–H and O–H groups in total. The Morgan fingerprint density at radius 3 is 2.67 bits per heavy atom. The Labute approximate surface area is 157 Å². The van der Waals surface area contributed by atoms with Gasteiger partial charge in [-0.1, -0.05) is 35.5 Å². The number of urea groups is 1. The highest BCUT2D eigenvalue weighted by molar-refractivity contribution is 5.89. The highest BCUT2D eigenvalue weighted by Gasteiger charge is 2.28. The van der Waals surface area contributed by atoms with Crippen molar-refractivity contribution in [3.63, 3.8) is 0 Å². The number of hydrogen-bond donors (Lipinski definition) is 1. The molecule has 0 aliphatic carbocycles. The highest BCUT2D eigenvalue weighted by atomic mass is 16.5. The third-order valence-corrected chi connectivity index (χ3v) is 4.75. The van der Waals surface area contributed by atoms with Crippen molar-refractivity contribution >= 4 is 11.7 Å². The molecule has 27 heavy (non-hydrogen) atoms. The van der Waals surface area contributed by atoms with E-state index in [2.05, 4.69) is 15.6 Å². The summed E-state index contributed by atoms with van der Waals surface area (Å²) in [5, 5.41) is 11.5. The summed E-state index contributed by atoms with van der Waals surface area (Å²) in [6.07, 6.45) is 2.80. The van der Waals surface area contributed by atoms with E-state index in [0.717, 1.165) is 29.1 Å². The molecule has 2 amide bonds. The largest absolute Gasteiger partial charge is 0.497 e. The van der Waals surface area contributed by atoms with E-state index in [1.807, 2.05) is 65.5 Å². The van der Waals surface area contributed by atoms with E-state index >= 15 is 0 Å². The van der Waals surface area contributed by atoms with Crippen molar-refractivity contribution in [1.29, 1.82) is 0 Å². The number of nitrogens with one attached hydrogen (secondary N) is 1. The van der Waals surface area contributed by atoms with E-state index in [-0.39, 0.29) is 12.1 Å². The quantitative estimate of drug-likeness (QED) is 0.771. The Morgan fingerprint density at radius 2 is 1.93 bits per heavy atom. The minimum atomic E-state index is -0.105. The molecule has 3 aromatic rings. The van der Waals surface area contributed by atoms with Gasteiger partial charge in [-0.05, 0) is 30.7 Å². The Morgan fingerprint density at radius 1 is 1.15 bits per heavy atom. The molecule has 1 aliphatic rings. The van der Waals surface area contributed by atoms with Crippen molar-refractivity contribution in [2.45, 2.75) is 12.5 Å². The fourth-order valence-corrected chi connectivity index (χ4v) is 3.22. The average Bonchev–Trinajstić information content (AvgIpc) is 3.39. The van der Waals surface area contributed by atoms with Crippen LogP contribution in [0.4, 0.5) is 10.5 Å². The van der Waals surface area contributed by atoms with E-state index < -0.39 is 0 Å². The first-order valence-electron chi connectivity index (χ1n) is 8.90. The van der Waals surface area contributed by atoms with Gasteiger partial charge in [-0.25, -0.2) is 9.48 Å². The molecule has 1 unspecified atom stereocenters. The minimum Gasteiger partial charge on any atom is -0.497 e. The van der Waals surface area contributed by atoms with Crippen molar-refractivity contribution in [3.8, 4) is 17.0 Å². The smallest absolute Gasteiger partial charge is 0.321 e. The summed E-state index contributed by atoms with van der Waals surface area (Å²) in [5.41, 5.74) is 2.63. The maximum absolute atomic E-state index is 12.5. The molecular formula is C20H21N5O2. The third-order valence-electron chi connectivity index (χ3n) is 4.75. The lowest BCUT2D eigenvalue weighted by atomic mass is 10.2. The number of amides is 2. The van der Waals surface area contributed by atoms with E-state index in [1.165, 1.54) is 0 Å². The number of aromatic nitrogens is 3. The van der Waals surface area contributed by atoms with Gasteiger partial charge in [0.05, 0.1) is 19.3 Å². The van der Waals surface area contributed by atoms with Gasteiger partial charge >= 0.3 is 6.03 Å². The molecule has 138 valence electrons. The highest BCUT2D eigenvalue weighted by Crippen LogP contribution is 2.24. The minimum absolute atomic E-state index is 0.105. The number of methoxy groups -OCH3 is 1. The summed E-state index contributed by atoms with van der Waals surface area (Å²) >= 11 is 0. The zero-order valence-electron chi connectivity index (χ0n) is 15.1. The van der Waals surface area contributed by atoms with E-state index in [9.17, 15) is 4.79 Å². The Hall–Kier alpha value is -3.35. The number of benzene rings is 2. The normalized spacial score (nSPS) is 16.3. The van der Waals surface area contributed by atoms with Crippen LogP contribution in [0.3, 0.4) is 0 Å². The first-order valence-corrected chi connectivity index (χ1v) is 8.90. The lowest BCUT2D eigenvalue weighted by Gasteiger charge is -2.17. The molecule has 4 rings (SSSR count). The molecule has 1 fully saturated rings. The number of nitrogens with zero attached hydrogens (tertiary/aromatic N) is 4. The molecule has 1 saturated heterocycles. The van der Waals surface area contributed by atoms with E-state index in [1.54, 1.807) is 12.0 Å². The Kier molecular flexibility index (Phi) is 4.74. The van der Waals surface area contributed by atoms with Crippen LogP contribution >= 0.6 is 0 Å². The van der Waals surface area contributed by atoms with Gasteiger partial charge in [-0.15, -0.1) is 5.10 Å². The van der Waals surface area contributed by atoms with Crippen molar-refractivity contribution in [2.75, 3.05) is 25.5 Å². The lowest BCUT2D eigenvalue weighted by molar-refractivity contribution is 0.220. The second-order valence-corrected chi connectivity index (χ2v) is 6.50. The van der Waals surface area contributed by atoms with Crippen molar-refractivity contribution in [2.24, 2.45) is 0 Å². The lowest BCUT2D eigenvalue weighted by Crippen LogP contribution is -2.33. The van der Waals surface area contributed by atoms with Crippen molar-refractivity contribution in [1.82, 2.24) is 19.9 Å². The summed E-state index contributed by atoms with van der Waals surface area (Å²) < 4.78 is 7.00. The van der Waals surface area contributed by atoms with Gasteiger partial charge in [0, 0.05) is 24.3 Å². The van der Waals surface area contributed by atoms with Crippen LogP contribution in [0.15, 0.2) is 60.8 Å². The number of anilines is 1. The van der Waals surface area contributed by atoms with Gasteiger partial charge in [0.2, 0.25) is 0 Å². The molecule has 7 nitrogen and oxygen atoms in total. The van der Waals surface area contributed by atoms with Crippen LogP contribution in [-0.4, -0.2) is 46.1 Å². The monoisotopic (exact) mass is 363 g/mol. The maximum atomic E-state index is 12.5. The number of hydrogen-bond acceptors (Lipinski definition) is 4. The summed E-state index contributed by atoms with van der Waals surface area (Å²) in [5.74, 6) is 0.759. The number of carbonyl (C=O) groups is 1. The Balaban J connectivity index is 1.38. The molecule has 1 aliphatic heterocycles. The molecule has 1 aromatic heterocycles. The van der Waals surface area contributed by atoms with Gasteiger partial charge in [0.1, 0.15) is 11.4 Å². The van der Waals surface area contributed by atoms with E-state index in [0.29, 0.717) is 13.1 Å². The van der Waals surface area contributed by atoms with Gasteiger partial charge < -0.3 is 15.0 Å². The van der Waals surface area contributed by atoms with Crippen LogP contribution in [0.25, 0.3) is 11.3 Å². The molecule has 0 bridgehead atoms. The number of rotatable bonds is 4. The molecular weight excluding hydrogens is 342 g/mol. The summed E-state index contributed by atoms with van der Waals surface area (Å²) in [6.45, 7) is 1.30. The number of likely N-dealkylation sites (tertiary alicyclic amines) is 1. The topological polar surface area (TPSA) is 72.3 Å². The Bertz CT molecular complexity index is 908. The fraction of sp³-hybridized carbons (Fsp3) is 0.250. The van der Waals surface area contributed by atoms with Crippen LogP contribution in [0.5, 0.6) is 5.75 Å². The second kappa shape index (κ2) is 7.49. The SMILES string of the molecule is COc1ccc(NC(=O)N2CCC(n3cc(-c4ccccc4)nn3)C2)cc1. The molecule has 0 radical (unpaired) electrons. The van der Waals surface area contributed by atoms with Gasteiger partial charge in [0.15, 0.2) is 0 Å².